The summed E-state index contributed by atoms with van der Waals surface area (Å²) in [6.07, 6.45) is 2.99. The van der Waals surface area contributed by atoms with Crippen LogP contribution in [0.3, 0.4) is 0 Å². The molecule has 0 spiro atoms. The molecule has 1 aliphatic carbocycles. The number of nitrogens with two attached hydrogens (primary N) is 1. The lowest BCUT2D eigenvalue weighted by atomic mass is 10.0. The molecule has 5 nitrogen and oxygen atoms in total. The van der Waals surface area contributed by atoms with Crippen LogP contribution < -0.4 is 11.1 Å². The number of hydrogen-bond acceptors (Lipinski definition) is 4. The Hall–Kier alpha value is -1.66. The highest BCUT2D eigenvalue weighted by Gasteiger charge is 2.41. The summed E-state index contributed by atoms with van der Waals surface area (Å²) >= 11 is 0. The number of halogens is 1. The van der Waals surface area contributed by atoms with E-state index in [1.165, 1.54) is 6.07 Å². The normalized spacial score (nSPS) is 17.2. The number of oxime groups is 1. The average Bonchev–Trinajstić information content (AvgIpc) is 3.20. The van der Waals surface area contributed by atoms with Gasteiger partial charge in [-0.15, -0.1) is 0 Å². The maximum Gasteiger partial charge on any atom is 0.173 e. The van der Waals surface area contributed by atoms with E-state index in [9.17, 15) is 4.39 Å². The SMILES string of the molecule is N/C(=N/O)c1cccc(CNCC2(CCO)CC2)c1F. The number of benzene rings is 1. The third-order valence-electron chi connectivity index (χ3n) is 3.88. The number of aliphatic hydroxyl groups is 1. The smallest absolute Gasteiger partial charge is 0.173 e. The first-order chi connectivity index (χ1) is 9.62. The second-order valence-corrected chi connectivity index (χ2v) is 5.34. The molecule has 0 atom stereocenters. The van der Waals surface area contributed by atoms with Crippen molar-refractivity contribution in [1.82, 2.24) is 5.32 Å². The van der Waals surface area contributed by atoms with Crippen LogP contribution in [0.4, 0.5) is 4.39 Å². The molecule has 1 aromatic rings. The third kappa shape index (κ3) is 3.26. The van der Waals surface area contributed by atoms with Gasteiger partial charge in [0.2, 0.25) is 0 Å². The lowest BCUT2D eigenvalue weighted by molar-refractivity contribution is 0.245. The van der Waals surface area contributed by atoms with Crippen LogP contribution in [-0.4, -0.2) is 29.3 Å². The Morgan fingerprint density at radius 2 is 2.20 bits per heavy atom. The highest BCUT2D eigenvalue weighted by Crippen LogP contribution is 2.47. The Bertz CT molecular complexity index is 501. The van der Waals surface area contributed by atoms with Gasteiger partial charge in [0.15, 0.2) is 5.84 Å². The van der Waals surface area contributed by atoms with Crippen LogP contribution >= 0.6 is 0 Å². The zero-order valence-corrected chi connectivity index (χ0v) is 11.3. The van der Waals surface area contributed by atoms with Crippen molar-refractivity contribution in [2.45, 2.75) is 25.8 Å². The predicted octanol–water partition coefficient (Wildman–Crippen LogP) is 1.17. The second-order valence-electron chi connectivity index (χ2n) is 5.34. The first kappa shape index (κ1) is 14.7. The molecule has 0 saturated heterocycles. The topological polar surface area (TPSA) is 90.9 Å². The van der Waals surface area contributed by atoms with Crippen LogP contribution in [0.5, 0.6) is 0 Å². The van der Waals surface area contributed by atoms with E-state index in [1.807, 2.05) is 0 Å². The average molecular weight is 281 g/mol. The summed E-state index contributed by atoms with van der Waals surface area (Å²) in [4.78, 5) is 0. The zero-order valence-electron chi connectivity index (χ0n) is 11.3. The summed E-state index contributed by atoms with van der Waals surface area (Å²) in [6, 6.07) is 4.82. The highest BCUT2D eigenvalue weighted by atomic mass is 19.1. The van der Waals surface area contributed by atoms with E-state index in [2.05, 4.69) is 10.5 Å². The van der Waals surface area contributed by atoms with Gasteiger partial charge in [-0.3, -0.25) is 0 Å². The Morgan fingerprint density at radius 1 is 1.45 bits per heavy atom. The number of hydrogen-bond donors (Lipinski definition) is 4. The maximum atomic E-state index is 14.1. The number of rotatable bonds is 7. The molecule has 0 unspecified atom stereocenters. The van der Waals surface area contributed by atoms with Gasteiger partial charge < -0.3 is 21.4 Å². The molecule has 0 aromatic heterocycles. The van der Waals surface area contributed by atoms with E-state index >= 15 is 0 Å². The lowest BCUT2D eigenvalue weighted by Gasteiger charge is -2.15. The van der Waals surface area contributed by atoms with Crippen LogP contribution in [0.25, 0.3) is 0 Å². The van der Waals surface area contributed by atoms with Crippen LogP contribution in [-0.2, 0) is 6.54 Å². The first-order valence-corrected chi connectivity index (χ1v) is 6.69. The maximum absolute atomic E-state index is 14.1. The van der Waals surface area contributed by atoms with Gasteiger partial charge in [0, 0.05) is 25.3 Å². The summed E-state index contributed by atoms with van der Waals surface area (Å²) in [5.74, 6) is -0.703. The quantitative estimate of drug-likeness (QED) is 0.261. The Morgan fingerprint density at radius 3 is 2.80 bits per heavy atom. The molecule has 6 heteroatoms. The molecule has 20 heavy (non-hydrogen) atoms. The Balaban J connectivity index is 1.97. The van der Waals surface area contributed by atoms with E-state index in [0.29, 0.717) is 12.1 Å². The van der Waals surface area contributed by atoms with Crippen LogP contribution in [0, 0.1) is 11.2 Å². The number of nitrogens with one attached hydrogen (secondary N) is 1. The molecule has 0 heterocycles. The standard InChI is InChI=1S/C14H20FN3O2/c15-12-10(2-1-3-11(12)13(16)18-20)8-17-9-14(4-5-14)6-7-19/h1-3,17,19-20H,4-9H2,(H2,16,18). The number of nitrogens with zero attached hydrogens (tertiary/aromatic N) is 1. The molecule has 1 saturated carbocycles. The fraction of sp³-hybridized carbons (Fsp3) is 0.500. The van der Waals surface area contributed by atoms with E-state index < -0.39 is 5.82 Å². The molecular formula is C14H20FN3O2. The summed E-state index contributed by atoms with van der Waals surface area (Å²) < 4.78 is 14.1. The fourth-order valence-corrected chi connectivity index (χ4v) is 2.36. The van der Waals surface area contributed by atoms with Crippen molar-refractivity contribution in [2.75, 3.05) is 13.2 Å². The van der Waals surface area contributed by atoms with Crippen molar-refractivity contribution in [3.8, 4) is 0 Å². The zero-order chi connectivity index (χ0) is 14.6. The van der Waals surface area contributed by atoms with Gasteiger partial charge in [-0.2, -0.15) is 0 Å². The summed E-state index contributed by atoms with van der Waals surface area (Å²) in [6.45, 7) is 1.33. The Kier molecular flexibility index (Phi) is 4.57. The molecule has 0 amide bonds. The summed E-state index contributed by atoms with van der Waals surface area (Å²) in [5.41, 5.74) is 6.19. The van der Waals surface area contributed by atoms with E-state index in [1.54, 1.807) is 12.1 Å². The van der Waals surface area contributed by atoms with Crippen LogP contribution in [0.1, 0.15) is 30.4 Å². The molecule has 0 aliphatic heterocycles. The van der Waals surface area contributed by atoms with Gasteiger partial charge in [0.1, 0.15) is 5.82 Å². The molecule has 0 bridgehead atoms. The monoisotopic (exact) mass is 281 g/mol. The van der Waals surface area contributed by atoms with Crippen molar-refractivity contribution in [1.29, 1.82) is 0 Å². The van der Waals surface area contributed by atoms with Crippen LogP contribution in [0.15, 0.2) is 23.4 Å². The molecule has 2 rings (SSSR count). The Labute approximate surface area is 117 Å². The third-order valence-corrected chi connectivity index (χ3v) is 3.88. The van der Waals surface area contributed by atoms with Crippen molar-refractivity contribution in [2.24, 2.45) is 16.3 Å². The van der Waals surface area contributed by atoms with Crippen molar-refractivity contribution >= 4 is 5.84 Å². The predicted molar refractivity (Wildman–Crippen MR) is 74.0 cm³/mol. The van der Waals surface area contributed by atoms with E-state index in [4.69, 9.17) is 16.0 Å². The molecule has 110 valence electrons. The minimum absolute atomic E-state index is 0.100. The van der Waals surface area contributed by atoms with Gasteiger partial charge in [0.05, 0.1) is 5.56 Å². The van der Waals surface area contributed by atoms with Crippen molar-refractivity contribution < 1.29 is 14.7 Å². The minimum Gasteiger partial charge on any atom is -0.409 e. The van der Waals surface area contributed by atoms with Crippen molar-refractivity contribution in [3.05, 3.63) is 35.1 Å². The number of aliphatic hydroxyl groups excluding tert-OH is 1. The molecule has 1 aromatic carbocycles. The van der Waals surface area contributed by atoms with Gasteiger partial charge in [-0.25, -0.2) is 4.39 Å². The van der Waals surface area contributed by atoms with E-state index in [0.717, 1.165) is 25.8 Å². The lowest BCUT2D eigenvalue weighted by Crippen LogP contribution is -2.25. The van der Waals surface area contributed by atoms with Gasteiger partial charge >= 0.3 is 0 Å². The van der Waals surface area contributed by atoms with Gasteiger partial charge in [-0.1, -0.05) is 17.3 Å². The molecule has 5 N–H and O–H groups in total. The second kappa shape index (κ2) is 6.19. The summed E-state index contributed by atoms with van der Waals surface area (Å²) in [7, 11) is 0. The number of amidine groups is 1. The largest absolute Gasteiger partial charge is 0.409 e. The molecule has 0 radical (unpaired) electrons. The minimum atomic E-state index is -0.470. The molecular weight excluding hydrogens is 261 g/mol. The first-order valence-electron chi connectivity index (χ1n) is 6.69. The molecule has 1 fully saturated rings. The van der Waals surface area contributed by atoms with Gasteiger partial charge in [0.25, 0.3) is 0 Å². The van der Waals surface area contributed by atoms with Crippen molar-refractivity contribution in [3.63, 3.8) is 0 Å². The molecule has 1 aliphatic rings. The van der Waals surface area contributed by atoms with Gasteiger partial charge in [-0.05, 0) is 30.7 Å². The summed E-state index contributed by atoms with van der Waals surface area (Å²) in [5, 5.41) is 23.6. The van der Waals surface area contributed by atoms with Crippen LogP contribution in [0.2, 0.25) is 0 Å². The fourth-order valence-electron chi connectivity index (χ4n) is 2.36. The van der Waals surface area contributed by atoms with E-state index in [-0.39, 0.29) is 23.4 Å². The highest BCUT2D eigenvalue weighted by molar-refractivity contribution is 5.97.